The van der Waals surface area contributed by atoms with Gasteiger partial charge in [0.1, 0.15) is 11.5 Å². The van der Waals surface area contributed by atoms with Crippen LogP contribution in [0.5, 0.6) is 11.5 Å². The molecule has 2 aromatic heterocycles. The molecule has 0 saturated carbocycles. The minimum absolute atomic E-state index is 0.313. The molecule has 8 nitrogen and oxygen atoms in total. The van der Waals surface area contributed by atoms with E-state index in [2.05, 4.69) is 15.4 Å². The highest BCUT2D eigenvalue weighted by Crippen LogP contribution is 2.26. The van der Waals surface area contributed by atoms with Crippen LogP contribution < -0.4 is 20.3 Å². The number of nitrogens with one attached hydrogen (secondary N) is 2. The van der Waals surface area contributed by atoms with E-state index in [4.69, 9.17) is 9.47 Å². The number of rotatable bonds is 6. The molecule has 4 aromatic rings. The molecule has 32 heavy (non-hydrogen) atoms. The largest absolute Gasteiger partial charge is 0.497 e. The van der Waals surface area contributed by atoms with Crippen LogP contribution in [0.15, 0.2) is 53.3 Å². The molecule has 1 amide bonds. The summed E-state index contributed by atoms with van der Waals surface area (Å²) in [5.74, 6) is 1.02. The van der Waals surface area contributed by atoms with Crippen molar-refractivity contribution in [1.82, 2.24) is 14.8 Å². The number of anilines is 1. The normalized spacial score (nSPS) is 10.9. The van der Waals surface area contributed by atoms with Crippen molar-refractivity contribution in [3.8, 4) is 11.5 Å². The van der Waals surface area contributed by atoms with Gasteiger partial charge in [0.2, 0.25) is 5.56 Å². The molecule has 0 spiro atoms. The van der Waals surface area contributed by atoms with E-state index >= 15 is 0 Å². The summed E-state index contributed by atoms with van der Waals surface area (Å²) in [5.41, 5.74) is 3.64. The van der Waals surface area contributed by atoms with Gasteiger partial charge in [-0.25, -0.2) is 0 Å². The summed E-state index contributed by atoms with van der Waals surface area (Å²) in [6, 6.07) is 14.2. The van der Waals surface area contributed by atoms with Gasteiger partial charge >= 0.3 is 0 Å². The average molecular weight is 432 g/mol. The molecular formula is C24H24N4O4. The van der Waals surface area contributed by atoms with Crippen LogP contribution in [0.4, 0.5) is 5.69 Å². The number of methoxy groups -OCH3 is 2. The summed E-state index contributed by atoms with van der Waals surface area (Å²) in [7, 11) is 3.21. The van der Waals surface area contributed by atoms with Gasteiger partial charge in [-0.05, 0) is 37.6 Å². The van der Waals surface area contributed by atoms with E-state index in [-0.39, 0.29) is 11.5 Å². The van der Waals surface area contributed by atoms with E-state index < -0.39 is 0 Å². The molecule has 4 rings (SSSR count). The number of carbonyl (C=O) groups excluding carboxylic acids is 1. The molecule has 0 atom stereocenters. The maximum Gasteiger partial charge on any atom is 0.256 e. The number of aryl methyl sites for hydroxylation is 1. The fourth-order valence-corrected chi connectivity index (χ4v) is 3.74. The average Bonchev–Trinajstić information content (AvgIpc) is 3.05. The predicted molar refractivity (Wildman–Crippen MR) is 123 cm³/mol. The van der Waals surface area contributed by atoms with Crippen molar-refractivity contribution < 1.29 is 14.3 Å². The van der Waals surface area contributed by atoms with E-state index in [0.717, 1.165) is 11.3 Å². The number of pyridine rings is 1. The Morgan fingerprint density at radius 1 is 1.06 bits per heavy atom. The molecule has 0 aliphatic heterocycles. The highest BCUT2D eigenvalue weighted by Gasteiger charge is 2.18. The van der Waals surface area contributed by atoms with Gasteiger partial charge in [0.25, 0.3) is 5.91 Å². The first-order valence-electron chi connectivity index (χ1n) is 10.1. The fraction of sp³-hybridized carbons (Fsp3) is 0.208. The maximum atomic E-state index is 13.1. The highest BCUT2D eigenvalue weighted by molar-refractivity contribution is 6.12. The zero-order valence-electron chi connectivity index (χ0n) is 18.4. The van der Waals surface area contributed by atoms with E-state index in [1.807, 2.05) is 48.9 Å². The first-order valence-corrected chi connectivity index (χ1v) is 10.1. The van der Waals surface area contributed by atoms with Gasteiger partial charge in [0, 0.05) is 23.0 Å². The number of aromatic amines is 1. The SMILES string of the molecule is COc1cc(Cn2nc(C)c(NC(=O)c3cc(=O)[nH]c4ccccc34)c2C)cc(OC)c1. The van der Waals surface area contributed by atoms with E-state index in [9.17, 15) is 9.59 Å². The molecule has 164 valence electrons. The highest BCUT2D eigenvalue weighted by atomic mass is 16.5. The Morgan fingerprint density at radius 3 is 2.44 bits per heavy atom. The van der Waals surface area contributed by atoms with Gasteiger partial charge in [-0.2, -0.15) is 5.10 Å². The lowest BCUT2D eigenvalue weighted by atomic mass is 10.1. The van der Waals surface area contributed by atoms with Crippen molar-refractivity contribution in [3.05, 3.63) is 81.4 Å². The minimum atomic E-state index is -0.360. The summed E-state index contributed by atoms with van der Waals surface area (Å²) in [5, 5.41) is 8.21. The number of ether oxygens (including phenoxy) is 2. The van der Waals surface area contributed by atoms with Gasteiger partial charge in [-0.3, -0.25) is 14.3 Å². The third-order valence-electron chi connectivity index (χ3n) is 5.36. The lowest BCUT2D eigenvalue weighted by Crippen LogP contribution is -2.17. The summed E-state index contributed by atoms with van der Waals surface area (Å²) in [6.07, 6.45) is 0. The Balaban J connectivity index is 1.65. The zero-order chi connectivity index (χ0) is 22.8. The summed E-state index contributed by atoms with van der Waals surface area (Å²) in [4.78, 5) is 27.9. The number of aromatic nitrogens is 3. The van der Waals surface area contributed by atoms with Crippen molar-refractivity contribution in [2.45, 2.75) is 20.4 Å². The minimum Gasteiger partial charge on any atom is -0.497 e. The molecule has 0 aliphatic rings. The first kappa shape index (κ1) is 21.2. The molecule has 0 radical (unpaired) electrons. The monoisotopic (exact) mass is 432 g/mol. The van der Waals surface area contributed by atoms with Gasteiger partial charge in [-0.1, -0.05) is 18.2 Å². The Kier molecular flexibility index (Phi) is 5.68. The summed E-state index contributed by atoms with van der Waals surface area (Å²) < 4.78 is 12.5. The molecule has 2 N–H and O–H groups in total. The van der Waals surface area contributed by atoms with Crippen LogP contribution >= 0.6 is 0 Å². The lowest BCUT2D eigenvalue weighted by molar-refractivity contribution is 0.102. The number of amides is 1. The van der Waals surface area contributed by atoms with Gasteiger partial charge < -0.3 is 19.8 Å². The third kappa shape index (κ3) is 4.07. The number of hydrogen-bond acceptors (Lipinski definition) is 5. The van der Waals surface area contributed by atoms with Crippen LogP contribution in [0.2, 0.25) is 0 Å². The second-order valence-corrected chi connectivity index (χ2v) is 7.47. The van der Waals surface area contributed by atoms with Crippen LogP contribution in [0.25, 0.3) is 10.9 Å². The van der Waals surface area contributed by atoms with Crippen molar-refractivity contribution in [2.24, 2.45) is 0 Å². The lowest BCUT2D eigenvalue weighted by Gasteiger charge is -2.11. The number of H-pyrrole nitrogens is 1. The van der Waals surface area contributed by atoms with Crippen LogP contribution in [0, 0.1) is 13.8 Å². The zero-order valence-corrected chi connectivity index (χ0v) is 18.4. The van der Waals surface area contributed by atoms with Crippen LogP contribution in [0.3, 0.4) is 0 Å². The van der Waals surface area contributed by atoms with E-state index in [1.165, 1.54) is 6.07 Å². The van der Waals surface area contributed by atoms with Gasteiger partial charge in [0.15, 0.2) is 0 Å². The van der Waals surface area contributed by atoms with Crippen molar-refractivity contribution in [3.63, 3.8) is 0 Å². The number of carbonyl (C=O) groups is 1. The Morgan fingerprint density at radius 2 is 1.75 bits per heavy atom. The Hall–Kier alpha value is -4.07. The maximum absolute atomic E-state index is 13.1. The van der Waals surface area contributed by atoms with Crippen LogP contribution in [-0.2, 0) is 6.54 Å². The topological polar surface area (TPSA) is 98.2 Å². The molecular weight excluding hydrogens is 408 g/mol. The summed E-state index contributed by atoms with van der Waals surface area (Å²) >= 11 is 0. The molecule has 0 unspecified atom stereocenters. The molecule has 8 heteroatoms. The molecule has 0 fully saturated rings. The molecule has 0 bridgehead atoms. The van der Waals surface area contributed by atoms with Crippen molar-refractivity contribution >= 4 is 22.5 Å². The number of para-hydroxylation sites is 1. The third-order valence-corrected chi connectivity index (χ3v) is 5.36. The first-order chi connectivity index (χ1) is 15.4. The smallest absolute Gasteiger partial charge is 0.256 e. The number of nitrogens with zero attached hydrogens (tertiary/aromatic N) is 2. The second kappa shape index (κ2) is 8.58. The fourth-order valence-electron chi connectivity index (χ4n) is 3.74. The van der Waals surface area contributed by atoms with Crippen molar-refractivity contribution in [1.29, 1.82) is 0 Å². The Labute approximate surface area is 184 Å². The number of fused-ring (bicyclic) bond motifs is 1. The van der Waals surface area contributed by atoms with E-state index in [1.54, 1.807) is 26.4 Å². The van der Waals surface area contributed by atoms with Crippen molar-refractivity contribution in [2.75, 3.05) is 19.5 Å². The number of hydrogen-bond donors (Lipinski definition) is 2. The summed E-state index contributed by atoms with van der Waals surface area (Å²) in [6.45, 7) is 4.20. The molecule has 2 aromatic carbocycles. The molecule has 0 aliphatic carbocycles. The quantitative estimate of drug-likeness (QED) is 0.485. The Bertz CT molecular complexity index is 1350. The second-order valence-electron chi connectivity index (χ2n) is 7.47. The molecule has 2 heterocycles. The number of benzene rings is 2. The van der Waals surface area contributed by atoms with Crippen LogP contribution in [-0.4, -0.2) is 34.9 Å². The predicted octanol–water partition coefficient (Wildman–Crippen LogP) is 3.66. The van der Waals surface area contributed by atoms with Crippen LogP contribution in [0.1, 0.15) is 27.3 Å². The van der Waals surface area contributed by atoms with Gasteiger partial charge in [0.05, 0.1) is 43.4 Å². The van der Waals surface area contributed by atoms with E-state index in [0.29, 0.717) is 45.9 Å². The molecule has 0 saturated heterocycles. The van der Waals surface area contributed by atoms with Gasteiger partial charge in [-0.15, -0.1) is 0 Å². The standard InChI is InChI=1S/C24H24N4O4/c1-14-23(26-24(30)20-12-22(29)25-21-8-6-5-7-19(20)21)15(2)28(27-14)13-16-9-17(31-3)11-18(10-16)32-4/h5-12H,13H2,1-4H3,(H,25,29)(H,26,30).